The van der Waals surface area contributed by atoms with Gasteiger partial charge in [-0.3, -0.25) is 4.79 Å². The van der Waals surface area contributed by atoms with Crippen LogP contribution in [-0.4, -0.2) is 59.7 Å². The molecule has 0 bridgehead atoms. The van der Waals surface area contributed by atoms with Gasteiger partial charge in [0, 0.05) is 12.0 Å². The molecule has 0 aliphatic carbocycles. The number of azide groups is 1. The third-order valence-electron chi connectivity index (χ3n) is 1.76. The Balaban J connectivity index is 4.42. The molecule has 0 amide bonds. The van der Waals surface area contributed by atoms with Crippen LogP contribution in [0.5, 0.6) is 0 Å². The minimum absolute atomic E-state index is 0.277. The van der Waals surface area contributed by atoms with Crippen molar-refractivity contribution in [1.29, 1.82) is 0 Å². The summed E-state index contributed by atoms with van der Waals surface area (Å²) in [6.45, 7) is -1.02. The third-order valence-corrected chi connectivity index (χ3v) is 1.76. The number of Topliss-reactive ketones (excluding diaryl/α,β-unsaturated/α-hetero) is 1. The number of carbonyl (C=O) groups excluding carboxylic acids is 1. The summed E-state index contributed by atoms with van der Waals surface area (Å²) in [5.74, 6) is -0.841. The first-order chi connectivity index (χ1) is 7.08. The fourth-order valence-corrected chi connectivity index (χ4v) is 0.871. The molecule has 1 unspecified atom stereocenters. The average molecular weight is 219 g/mol. The number of ether oxygens (including phenoxy) is 1. The summed E-state index contributed by atoms with van der Waals surface area (Å²) < 4.78 is 4.66. The maximum Gasteiger partial charge on any atom is 0.192 e. The van der Waals surface area contributed by atoms with Gasteiger partial charge in [-0.2, -0.15) is 0 Å². The zero-order valence-electron chi connectivity index (χ0n) is 8.15. The van der Waals surface area contributed by atoms with Crippen LogP contribution >= 0.6 is 0 Å². The van der Waals surface area contributed by atoms with Gasteiger partial charge in [0.2, 0.25) is 0 Å². The van der Waals surface area contributed by atoms with Gasteiger partial charge >= 0.3 is 0 Å². The smallest absolute Gasteiger partial charge is 0.192 e. The van der Waals surface area contributed by atoms with Crippen molar-refractivity contribution in [2.75, 3.05) is 20.3 Å². The van der Waals surface area contributed by atoms with Crippen LogP contribution in [-0.2, 0) is 9.53 Å². The first-order valence-corrected chi connectivity index (χ1v) is 4.12. The van der Waals surface area contributed by atoms with Crippen molar-refractivity contribution in [1.82, 2.24) is 0 Å². The number of hydrogen-bond acceptors (Lipinski definition) is 6. The minimum Gasteiger partial charge on any atom is -0.394 e. The van der Waals surface area contributed by atoms with Gasteiger partial charge in [0.15, 0.2) is 5.78 Å². The number of nitrogens with zero attached hydrogens (tertiary/aromatic N) is 3. The van der Waals surface area contributed by atoms with E-state index in [4.69, 9.17) is 15.7 Å². The highest BCUT2D eigenvalue weighted by Crippen LogP contribution is 2.02. The Labute approximate surface area is 85.7 Å². The second-order valence-corrected chi connectivity index (χ2v) is 2.73. The molecule has 0 aliphatic rings. The molecule has 0 saturated carbocycles. The van der Waals surface area contributed by atoms with E-state index in [1.54, 1.807) is 0 Å². The molecular weight excluding hydrogens is 206 g/mol. The Bertz CT molecular complexity index is 253. The molecule has 86 valence electrons. The Kier molecular flexibility index (Phi) is 6.59. The van der Waals surface area contributed by atoms with Gasteiger partial charge in [-0.05, 0) is 5.53 Å². The summed E-state index contributed by atoms with van der Waals surface area (Å²) in [5.41, 5.74) is 8.03. The second kappa shape index (κ2) is 7.16. The van der Waals surface area contributed by atoms with Crippen LogP contribution in [0.3, 0.4) is 0 Å². The van der Waals surface area contributed by atoms with Crippen LogP contribution in [0.15, 0.2) is 5.11 Å². The summed E-state index contributed by atoms with van der Waals surface area (Å²) in [6, 6.07) is 0. The Morgan fingerprint density at radius 2 is 2.20 bits per heavy atom. The van der Waals surface area contributed by atoms with Crippen molar-refractivity contribution in [3.05, 3.63) is 10.4 Å². The lowest BCUT2D eigenvalue weighted by Gasteiger charge is -2.18. The molecule has 0 aliphatic heterocycles. The second-order valence-electron chi connectivity index (χ2n) is 2.73. The quantitative estimate of drug-likeness (QED) is 0.274. The molecule has 8 heteroatoms. The van der Waals surface area contributed by atoms with Crippen LogP contribution in [0.2, 0.25) is 0 Å². The first kappa shape index (κ1) is 13.8. The number of aliphatic hydroxyl groups excluding tert-OH is 3. The lowest BCUT2D eigenvalue weighted by Crippen LogP contribution is -2.43. The number of ketones is 1. The number of rotatable bonds is 7. The third kappa shape index (κ3) is 4.24. The number of hydrogen-bond donors (Lipinski definition) is 3. The predicted octanol–water partition coefficient (Wildman–Crippen LogP) is -1.41. The largest absolute Gasteiger partial charge is 0.394 e. The van der Waals surface area contributed by atoms with E-state index in [-0.39, 0.29) is 6.54 Å². The summed E-state index contributed by atoms with van der Waals surface area (Å²) in [4.78, 5) is 13.8. The van der Waals surface area contributed by atoms with Crippen LogP contribution in [0, 0.1) is 0 Å². The highest BCUT2D eigenvalue weighted by molar-refractivity contribution is 5.88. The Hall–Kier alpha value is -1.18. The fourth-order valence-electron chi connectivity index (χ4n) is 0.871. The Morgan fingerprint density at radius 1 is 1.60 bits per heavy atom. The van der Waals surface area contributed by atoms with Crippen molar-refractivity contribution in [2.45, 2.75) is 18.3 Å². The molecule has 0 aromatic heterocycles. The fraction of sp³-hybridized carbons (Fsp3) is 0.857. The highest BCUT2D eigenvalue weighted by atomic mass is 16.5. The van der Waals surface area contributed by atoms with Gasteiger partial charge in [-0.1, -0.05) is 5.11 Å². The van der Waals surface area contributed by atoms with Gasteiger partial charge in [0.05, 0.1) is 13.2 Å². The molecule has 0 radical (unpaired) electrons. The van der Waals surface area contributed by atoms with Crippen LogP contribution in [0.4, 0.5) is 0 Å². The van der Waals surface area contributed by atoms with Crippen LogP contribution in [0.25, 0.3) is 10.4 Å². The Morgan fingerprint density at radius 3 is 2.60 bits per heavy atom. The van der Waals surface area contributed by atoms with E-state index in [0.717, 1.165) is 0 Å². The average Bonchev–Trinajstić information content (AvgIpc) is 2.27. The van der Waals surface area contributed by atoms with Gasteiger partial charge in [0.1, 0.15) is 18.3 Å². The van der Waals surface area contributed by atoms with Crippen molar-refractivity contribution in [3.63, 3.8) is 0 Å². The molecule has 0 heterocycles. The van der Waals surface area contributed by atoms with E-state index in [1.807, 2.05) is 0 Å². The van der Waals surface area contributed by atoms with E-state index in [2.05, 4.69) is 14.8 Å². The topological polar surface area (TPSA) is 136 Å². The standard InChI is InChI=1S/C7H13N3O5/c1-15-5(2-9-10-8)7(14)6(13)4(12)3-11/h4-6,11-13H,2-3H2,1H3/t4?,5-,6+/m0/s1. The van der Waals surface area contributed by atoms with Crippen LogP contribution < -0.4 is 0 Å². The van der Waals surface area contributed by atoms with E-state index >= 15 is 0 Å². The molecule has 0 spiro atoms. The minimum atomic E-state index is -1.76. The van der Waals surface area contributed by atoms with Crippen molar-refractivity contribution in [2.24, 2.45) is 5.11 Å². The zero-order chi connectivity index (χ0) is 11.8. The van der Waals surface area contributed by atoms with Crippen molar-refractivity contribution < 1.29 is 24.9 Å². The molecule has 3 N–H and O–H groups in total. The summed E-state index contributed by atoms with van der Waals surface area (Å²) in [7, 11) is 1.20. The maximum absolute atomic E-state index is 11.4. The van der Waals surface area contributed by atoms with Crippen molar-refractivity contribution in [3.8, 4) is 0 Å². The van der Waals surface area contributed by atoms with Gasteiger partial charge in [-0.15, -0.1) is 0 Å². The molecule has 15 heavy (non-hydrogen) atoms. The summed E-state index contributed by atoms with van der Waals surface area (Å²) >= 11 is 0. The van der Waals surface area contributed by atoms with Gasteiger partial charge < -0.3 is 20.1 Å². The van der Waals surface area contributed by atoms with E-state index in [9.17, 15) is 9.90 Å². The normalized spacial score (nSPS) is 16.3. The van der Waals surface area contributed by atoms with Gasteiger partial charge in [0.25, 0.3) is 0 Å². The lowest BCUT2D eigenvalue weighted by molar-refractivity contribution is -0.144. The summed E-state index contributed by atoms with van der Waals surface area (Å²) in [5, 5.41) is 29.8. The summed E-state index contributed by atoms with van der Waals surface area (Å²) in [6.07, 6.45) is -4.45. The van der Waals surface area contributed by atoms with Crippen LogP contribution in [0.1, 0.15) is 0 Å². The molecule has 0 rings (SSSR count). The maximum atomic E-state index is 11.4. The molecule has 3 atom stereocenters. The highest BCUT2D eigenvalue weighted by Gasteiger charge is 2.29. The molecule has 8 nitrogen and oxygen atoms in total. The van der Waals surface area contributed by atoms with E-state index < -0.39 is 30.7 Å². The van der Waals surface area contributed by atoms with E-state index in [1.165, 1.54) is 7.11 Å². The van der Waals surface area contributed by atoms with E-state index in [0.29, 0.717) is 0 Å². The lowest BCUT2D eigenvalue weighted by atomic mass is 10.1. The van der Waals surface area contributed by atoms with Crippen molar-refractivity contribution >= 4 is 5.78 Å². The predicted molar refractivity (Wildman–Crippen MR) is 48.9 cm³/mol. The SMILES string of the molecule is CO[C@@H](CN=[N+]=[N-])C(=O)[C@H](O)C(O)CO. The van der Waals surface area contributed by atoms with Gasteiger partial charge in [-0.25, -0.2) is 0 Å². The molecule has 0 aromatic carbocycles. The molecule has 0 fully saturated rings. The zero-order valence-corrected chi connectivity index (χ0v) is 8.15. The molecule has 0 aromatic rings. The number of methoxy groups -OCH3 is 1. The number of aliphatic hydroxyl groups is 3. The monoisotopic (exact) mass is 219 g/mol. The molecule has 0 saturated heterocycles. The number of carbonyl (C=O) groups is 1. The molecular formula is C7H13N3O5. The first-order valence-electron chi connectivity index (χ1n) is 4.12.